The molecule has 1 aromatic carbocycles. The van der Waals surface area contributed by atoms with Crippen LogP contribution < -0.4 is 16.0 Å². The molecule has 1 fully saturated rings. The Balaban J connectivity index is 2.01. The van der Waals surface area contributed by atoms with E-state index in [0.29, 0.717) is 25.8 Å². The van der Waals surface area contributed by atoms with Gasteiger partial charge < -0.3 is 35.4 Å². The molecule has 0 unspecified atom stereocenters. The first-order valence-corrected chi connectivity index (χ1v) is 22.1. The molecular formula is C46H79N5O8. The minimum atomic E-state index is -1.09. The van der Waals surface area contributed by atoms with Gasteiger partial charge in [0.1, 0.15) is 12.1 Å². The molecule has 0 radical (unpaired) electrons. The van der Waals surface area contributed by atoms with Gasteiger partial charge in [-0.1, -0.05) is 111 Å². The lowest BCUT2D eigenvalue weighted by Gasteiger charge is -2.40. The van der Waals surface area contributed by atoms with E-state index in [1.54, 1.807) is 33.1 Å². The van der Waals surface area contributed by atoms with E-state index < -0.39 is 41.7 Å². The first kappa shape index (κ1) is 51.6. The van der Waals surface area contributed by atoms with Crippen LogP contribution in [0.2, 0.25) is 0 Å². The van der Waals surface area contributed by atoms with Gasteiger partial charge in [-0.05, 0) is 68.5 Å². The zero-order valence-corrected chi connectivity index (χ0v) is 38.3. The summed E-state index contributed by atoms with van der Waals surface area (Å²) in [5.41, 5.74) is 0.124. The SMILES string of the molecule is CCCCCCN(C)[C@H](C(=O)N[C@H](C(=O)N(C)[C@@H]([C@@H](C)CC)[C@@H](CC(=O)NCCC[C@@H]1C[C@@]1(OC)[C@@H](C)C(=O)N[C@@H](Cc1ccccc1)C(=O)O)OC)C(C)C)C(C)C. The smallest absolute Gasteiger partial charge is 0.326 e. The van der Waals surface area contributed by atoms with Gasteiger partial charge in [-0.2, -0.15) is 0 Å². The minimum absolute atomic E-state index is 0.00298. The summed E-state index contributed by atoms with van der Waals surface area (Å²) in [6, 6.07) is 6.61. The number of nitrogens with zero attached hydrogens (tertiary/aromatic N) is 2. The molecule has 0 heterocycles. The molecule has 1 aliphatic carbocycles. The summed E-state index contributed by atoms with van der Waals surface area (Å²) in [5.74, 6) is -2.60. The molecule has 13 nitrogen and oxygen atoms in total. The standard InChI is InChI=1S/C46H79N5O8/c1-13-15-16-20-26-50(9)40(31(5)6)43(54)49-39(30(3)4)44(55)51(10)41(32(7)14-2)37(58-11)28-38(52)47-25-21-24-35-29-46(35,59-12)33(8)42(53)48-36(45(56)57)27-34-22-18-17-19-23-34/h17-19,22-23,30-33,35-37,39-41H,13-16,20-21,24-29H2,1-12H3,(H,47,52)(H,48,53)(H,49,54)(H,56,57)/t32-,33-,35+,36-,37+,39-,40-,41-,46+/m0/s1. The number of rotatable bonds is 29. The molecule has 0 aliphatic heterocycles. The van der Waals surface area contributed by atoms with E-state index in [-0.39, 0.29) is 66.2 Å². The normalized spacial score (nSPS) is 19.9. The number of carbonyl (C=O) groups is 5. The number of carbonyl (C=O) groups excluding carboxylic acids is 4. The van der Waals surface area contributed by atoms with E-state index in [1.165, 1.54) is 6.42 Å². The van der Waals surface area contributed by atoms with Crippen LogP contribution >= 0.6 is 0 Å². The molecule has 0 bridgehead atoms. The lowest BCUT2D eigenvalue weighted by atomic mass is 9.89. The number of carboxylic acid groups (broad SMARTS) is 1. The van der Waals surface area contributed by atoms with E-state index in [9.17, 15) is 29.1 Å². The van der Waals surface area contributed by atoms with E-state index in [0.717, 1.165) is 37.8 Å². The summed E-state index contributed by atoms with van der Waals surface area (Å²) in [6.45, 7) is 17.2. The third-order valence-corrected chi connectivity index (χ3v) is 12.6. The van der Waals surface area contributed by atoms with Crippen LogP contribution in [0.25, 0.3) is 0 Å². The summed E-state index contributed by atoms with van der Waals surface area (Å²) in [4.78, 5) is 70.5. The first-order valence-electron chi connectivity index (χ1n) is 22.1. The number of carboxylic acids is 1. The van der Waals surface area contributed by atoms with E-state index in [2.05, 4.69) is 27.8 Å². The van der Waals surface area contributed by atoms with Crippen LogP contribution in [0.15, 0.2) is 30.3 Å². The van der Waals surface area contributed by atoms with Gasteiger partial charge in [0.05, 0.1) is 36.1 Å². The summed E-state index contributed by atoms with van der Waals surface area (Å²) >= 11 is 0. The summed E-state index contributed by atoms with van der Waals surface area (Å²) < 4.78 is 11.8. The van der Waals surface area contributed by atoms with Crippen LogP contribution in [0.5, 0.6) is 0 Å². The highest BCUT2D eigenvalue weighted by Crippen LogP contribution is 2.54. The molecule has 2 rings (SSSR count). The number of hydrogen-bond donors (Lipinski definition) is 4. The number of nitrogens with one attached hydrogen (secondary N) is 3. The Morgan fingerprint density at radius 2 is 1.54 bits per heavy atom. The molecule has 4 N–H and O–H groups in total. The van der Waals surface area contributed by atoms with Crippen molar-refractivity contribution in [1.29, 1.82) is 0 Å². The Morgan fingerprint density at radius 3 is 2.08 bits per heavy atom. The summed E-state index contributed by atoms with van der Waals surface area (Å²) in [6.07, 6.45) is 6.89. The van der Waals surface area contributed by atoms with Crippen molar-refractivity contribution < 1.29 is 38.6 Å². The average molecular weight is 830 g/mol. The lowest BCUT2D eigenvalue weighted by molar-refractivity contribution is -0.144. The quantitative estimate of drug-likeness (QED) is 0.0743. The highest BCUT2D eigenvalue weighted by Gasteiger charge is 2.60. The monoisotopic (exact) mass is 830 g/mol. The number of benzene rings is 1. The van der Waals surface area contributed by atoms with E-state index in [1.807, 2.05) is 78.9 Å². The van der Waals surface area contributed by atoms with Gasteiger partial charge in [-0.3, -0.25) is 24.1 Å². The fourth-order valence-electron chi connectivity index (χ4n) is 8.67. The fraction of sp³-hybridized carbons (Fsp3) is 0.761. The number of ether oxygens (including phenoxy) is 2. The summed E-state index contributed by atoms with van der Waals surface area (Å²) in [5, 5.41) is 18.7. The third-order valence-electron chi connectivity index (χ3n) is 12.6. The van der Waals surface area contributed by atoms with E-state index in [4.69, 9.17) is 9.47 Å². The van der Waals surface area contributed by atoms with Crippen LogP contribution in [0.3, 0.4) is 0 Å². The molecular weight excluding hydrogens is 751 g/mol. The predicted molar refractivity (Wildman–Crippen MR) is 233 cm³/mol. The topological polar surface area (TPSA) is 167 Å². The van der Waals surface area contributed by atoms with Crippen LogP contribution in [-0.4, -0.2) is 122 Å². The summed E-state index contributed by atoms with van der Waals surface area (Å²) in [7, 11) is 6.87. The molecule has 13 heteroatoms. The van der Waals surface area contributed by atoms with Crippen molar-refractivity contribution in [2.45, 2.75) is 155 Å². The average Bonchev–Trinajstić information content (AvgIpc) is 3.93. The van der Waals surface area contributed by atoms with Crippen molar-refractivity contribution in [3.63, 3.8) is 0 Å². The van der Waals surface area contributed by atoms with Gasteiger partial charge in [-0.15, -0.1) is 0 Å². The van der Waals surface area contributed by atoms with Gasteiger partial charge in [0.15, 0.2) is 0 Å². The Labute approximate surface area is 355 Å². The van der Waals surface area contributed by atoms with E-state index >= 15 is 0 Å². The van der Waals surface area contributed by atoms with Crippen molar-refractivity contribution in [3.05, 3.63) is 35.9 Å². The maximum atomic E-state index is 14.3. The number of hydrogen-bond acceptors (Lipinski definition) is 8. The Kier molecular flexibility index (Phi) is 22.1. The molecule has 1 aromatic rings. The van der Waals surface area contributed by atoms with Gasteiger partial charge in [0.25, 0.3) is 0 Å². The first-order chi connectivity index (χ1) is 27.9. The fourth-order valence-corrected chi connectivity index (χ4v) is 8.67. The Hall–Kier alpha value is -3.55. The van der Waals surface area contributed by atoms with Crippen LogP contribution in [-0.2, 0) is 39.9 Å². The van der Waals surface area contributed by atoms with Crippen molar-refractivity contribution in [2.75, 3.05) is 41.4 Å². The molecule has 336 valence electrons. The molecule has 0 spiro atoms. The van der Waals surface area contributed by atoms with Crippen molar-refractivity contribution in [1.82, 2.24) is 25.8 Å². The van der Waals surface area contributed by atoms with Crippen LogP contribution in [0.1, 0.15) is 119 Å². The highest BCUT2D eigenvalue weighted by atomic mass is 16.5. The molecule has 1 aliphatic rings. The molecule has 4 amide bonds. The number of amides is 4. The predicted octanol–water partition coefficient (Wildman–Crippen LogP) is 5.69. The van der Waals surface area contributed by atoms with Crippen LogP contribution in [0, 0.1) is 29.6 Å². The van der Waals surface area contributed by atoms with Crippen LogP contribution in [0.4, 0.5) is 0 Å². The minimum Gasteiger partial charge on any atom is -0.480 e. The number of aliphatic carboxylic acids is 1. The lowest BCUT2D eigenvalue weighted by Crippen LogP contribution is -2.59. The van der Waals surface area contributed by atoms with Crippen molar-refractivity contribution in [3.8, 4) is 0 Å². The van der Waals surface area contributed by atoms with Gasteiger partial charge in [0, 0.05) is 34.2 Å². The second-order valence-corrected chi connectivity index (χ2v) is 17.6. The zero-order valence-electron chi connectivity index (χ0n) is 38.3. The Bertz CT molecular complexity index is 1460. The molecule has 0 saturated heterocycles. The maximum absolute atomic E-state index is 14.3. The second kappa shape index (κ2) is 25.3. The highest BCUT2D eigenvalue weighted by molar-refractivity contribution is 5.90. The van der Waals surface area contributed by atoms with Gasteiger partial charge >= 0.3 is 5.97 Å². The third kappa shape index (κ3) is 15.1. The van der Waals surface area contributed by atoms with Crippen molar-refractivity contribution >= 4 is 29.6 Å². The van der Waals surface area contributed by atoms with Crippen molar-refractivity contribution in [2.24, 2.45) is 29.6 Å². The largest absolute Gasteiger partial charge is 0.480 e. The number of methoxy groups -OCH3 is 2. The molecule has 59 heavy (non-hydrogen) atoms. The molecule has 0 aromatic heterocycles. The molecule has 9 atom stereocenters. The van der Waals surface area contributed by atoms with Gasteiger partial charge in [0.2, 0.25) is 23.6 Å². The maximum Gasteiger partial charge on any atom is 0.326 e. The van der Waals surface area contributed by atoms with Gasteiger partial charge in [-0.25, -0.2) is 4.79 Å². The second-order valence-electron chi connectivity index (χ2n) is 17.6. The number of likely N-dealkylation sites (N-methyl/N-ethyl adjacent to an activating group) is 2. The Morgan fingerprint density at radius 1 is 0.881 bits per heavy atom. The zero-order chi connectivity index (χ0) is 44.4. The molecule has 1 saturated carbocycles. The number of unbranched alkanes of at least 4 members (excludes halogenated alkanes) is 3.